The first-order valence-electron chi connectivity index (χ1n) is 5.36. The van der Waals surface area contributed by atoms with Gasteiger partial charge in [-0.2, -0.15) is 0 Å². The van der Waals surface area contributed by atoms with E-state index < -0.39 is 5.97 Å². The number of hydrogen-bond donors (Lipinski definition) is 3. The van der Waals surface area contributed by atoms with Crippen LogP contribution in [-0.4, -0.2) is 47.1 Å². The van der Waals surface area contributed by atoms with Crippen LogP contribution >= 0.6 is 0 Å². The second-order valence-electron chi connectivity index (χ2n) is 2.65. The van der Waals surface area contributed by atoms with E-state index in [4.69, 9.17) is 15.3 Å². The van der Waals surface area contributed by atoms with Crippen molar-refractivity contribution < 1.29 is 29.6 Å². The molecule has 0 amide bonds. The molecule has 106 valence electrons. The van der Waals surface area contributed by atoms with Gasteiger partial charge in [-0.05, 0) is 19.8 Å². The van der Waals surface area contributed by atoms with Crippen LogP contribution in [0, 0.1) is 0 Å². The van der Waals surface area contributed by atoms with Crippen LogP contribution in [0.25, 0.3) is 0 Å². The molecule has 0 saturated heterocycles. The van der Waals surface area contributed by atoms with Crippen LogP contribution in [0.5, 0.6) is 0 Å². The fourth-order valence-corrected chi connectivity index (χ4v) is 0.425. The molecule has 0 bridgehead atoms. The number of hydrogen-bond acceptors (Lipinski definition) is 5. The number of rotatable bonds is 6. The monoisotopic (exact) mass is 262 g/mol. The van der Waals surface area contributed by atoms with E-state index in [2.05, 4.69) is 17.9 Å². The van der Waals surface area contributed by atoms with Crippen molar-refractivity contribution >= 4 is 11.9 Å². The predicted molar refractivity (Wildman–Crippen MR) is 68.1 cm³/mol. The molecule has 6 nitrogen and oxygen atoms in total. The Bertz CT molecular complexity index is 221. The van der Waals surface area contributed by atoms with E-state index in [-0.39, 0.29) is 19.2 Å². The third-order valence-corrected chi connectivity index (χ3v) is 1.19. The normalized spacial score (nSPS) is 7.72. The van der Waals surface area contributed by atoms with Crippen LogP contribution < -0.4 is 0 Å². The van der Waals surface area contributed by atoms with Crippen LogP contribution in [0.15, 0.2) is 25.3 Å². The summed E-state index contributed by atoms with van der Waals surface area (Å²) in [6, 6.07) is 0. The van der Waals surface area contributed by atoms with Gasteiger partial charge in [0.2, 0.25) is 0 Å². The Morgan fingerprint density at radius 1 is 1.11 bits per heavy atom. The molecule has 0 aromatic rings. The number of carboxylic acids is 1. The van der Waals surface area contributed by atoms with Crippen LogP contribution in [0.4, 0.5) is 0 Å². The molecule has 0 unspecified atom stereocenters. The summed E-state index contributed by atoms with van der Waals surface area (Å²) in [5.41, 5.74) is 0. The third kappa shape index (κ3) is 36.7. The molecule has 0 rings (SSSR count). The number of esters is 1. The number of carbonyl (C=O) groups is 2. The molecule has 0 spiro atoms. The van der Waals surface area contributed by atoms with E-state index >= 15 is 0 Å². The minimum Gasteiger partial charge on any atom is -0.478 e. The lowest BCUT2D eigenvalue weighted by Gasteiger charge is -1.90. The molecule has 6 heteroatoms. The maximum absolute atomic E-state index is 10.1. The van der Waals surface area contributed by atoms with Gasteiger partial charge in [0.1, 0.15) is 0 Å². The molecule has 0 aromatic carbocycles. The third-order valence-electron chi connectivity index (χ3n) is 1.19. The van der Waals surface area contributed by atoms with Gasteiger partial charge in [-0.3, -0.25) is 0 Å². The van der Waals surface area contributed by atoms with Crippen LogP contribution in [0.1, 0.15) is 19.8 Å². The molecule has 0 radical (unpaired) electrons. The Balaban J connectivity index is -0.000000190. The Morgan fingerprint density at radius 2 is 1.50 bits per heavy atom. The quantitative estimate of drug-likeness (QED) is 0.370. The molecule has 0 aliphatic carbocycles. The highest BCUT2D eigenvalue weighted by molar-refractivity contribution is 5.81. The molecule has 0 aliphatic rings. The SMILES string of the molecule is C=CC(=O)O.C=CC(=O)OCC.OCCCCO. The van der Waals surface area contributed by atoms with Gasteiger partial charge in [0, 0.05) is 25.4 Å². The largest absolute Gasteiger partial charge is 0.478 e. The zero-order valence-electron chi connectivity index (χ0n) is 10.7. The lowest BCUT2D eigenvalue weighted by atomic mass is 10.3. The van der Waals surface area contributed by atoms with Gasteiger partial charge < -0.3 is 20.1 Å². The molecule has 0 saturated carbocycles. The fraction of sp³-hybridized carbons (Fsp3) is 0.500. The van der Waals surface area contributed by atoms with E-state index in [1.807, 2.05) is 0 Å². The lowest BCUT2D eigenvalue weighted by Crippen LogP contribution is -1.97. The zero-order chi connectivity index (χ0) is 14.8. The van der Waals surface area contributed by atoms with Gasteiger partial charge in [0.25, 0.3) is 0 Å². The van der Waals surface area contributed by atoms with Crippen molar-refractivity contribution in [2.24, 2.45) is 0 Å². The first kappa shape index (κ1) is 21.6. The first-order valence-corrected chi connectivity index (χ1v) is 5.36. The van der Waals surface area contributed by atoms with Gasteiger partial charge in [0.05, 0.1) is 6.61 Å². The standard InChI is InChI=1S/C5H8O2.C4H10O2.C3H4O2/c1-3-5(6)7-4-2;5-3-1-2-4-6;1-2-3(4)5/h3H,1,4H2,2H3;5-6H,1-4H2;2H,1H2,(H,4,5). The summed E-state index contributed by atoms with van der Waals surface area (Å²) in [6.07, 6.45) is 3.41. The van der Waals surface area contributed by atoms with Crippen LogP contribution in [0.2, 0.25) is 0 Å². The summed E-state index contributed by atoms with van der Waals surface area (Å²) in [5, 5.41) is 23.8. The maximum Gasteiger partial charge on any atom is 0.330 e. The topological polar surface area (TPSA) is 104 Å². The molecule has 0 aliphatic heterocycles. The minimum atomic E-state index is -0.981. The van der Waals surface area contributed by atoms with Crippen molar-refractivity contribution in [1.82, 2.24) is 0 Å². The number of aliphatic hydroxyl groups excluding tert-OH is 2. The van der Waals surface area contributed by atoms with Crippen molar-refractivity contribution in [1.29, 1.82) is 0 Å². The van der Waals surface area contributed by atoms with Crippen molar-refractivity contribution in [3.8, 4) is 0 Å². The average molecular weight is 262 g/mol. The van der Waals surface area contributed by atoms with Crippen LogP contribution in [0.3, 0.4) is 0 Å². The van der Waals surface area contributed by atoms with E-state index in [0.29, 0.717) is 6.61 Å². The Kier molecular flexibility index (Phi) is 24.9. The average Bonchev–Trinajstić information content (AvgIpc) is 2.37. The van der Waals surface area contributed by atoms with E-state index in [9.17, 15) is 9.59 Å². The minimum absolute atomic E-state index is 0.195. The number of aliphatic hydroxyl groups is 2. The Morgan fingerprint density at radius 3 is 1.61 bits per heavy atom. The highest BCUT2D eigenvalue weighted by Crippen LogP contribution is 1.80. The zero-order valence-corrected chi connectivity index (χ0v) is 10.7. The highest BCUT2D eigenvalue weighted by Gasteiger charge is 1.86. The number of unbranched alkanes of at least 4 members (excludes halogenated alkanes) is 1. The van der Waals surface area contributed by atoms with Gasteiger partial charge in [0.15, 0.2) is 0 Å². The van der Waals surface area contributed by atoms with Gasteiger partial charge in [-0.1, -0.05) is 13.2 Å². The van der Waals surface area contributed by atoms with E-state index in [1.165, 1.54) is 0 Å². The van der Waals surface area contributed by atoms with Gasteiger partial charge in [-0.15, -0.1) is 0 Å². The highest BCUT2D eigenvalue weighted by atomic mass is 16.5. The van der Waals surface area contributed by atoms with Gasteiger partial charge >= 0.3 is 11.9 Å². The number of carboxylic acid groups (broad SMARTS) is 1. The molecule has 18 heavy (non-hydrogen) atoms. The second kappa shape index (κ2) is 20.7. The fourth-order valence-electron chi connectivity index (χ4n) is 0.425. The van der Waals surface area contributed by atoms with E-state index in [0.717, 1.165) is 25.0 Å². The van der Waals surface area contributed by atoms with Crippen molar-refractivity contribution in [2.45, 2.75) is 19.8 Å². The van der Waals surface area contributed by atoms with Crippen molar-refractivity contribution in [3.05, 3.63) is 25.3 Å². The summed E-state index contributed by atoms with van der Waals surface area (Å²) >= 11 is 0. The molecule has 0 heterocycles. The number of ether oxygens (including phenoxy) is 1. The van der Waals surface area contributed by atoms with Crippen molar-refractivity contribution in [3.63, 3.8) is 0 Å². The maximum atomic E-state index is 10.1. The molecular formula is C12H22O6. The molecule has 0 atom stereocenters. The Labute approximate surface area is 107 Å². The molecule has 3 N–H and O–H groups in total. The summed E-state index contributed by atoms with van der Waals surface area (Å²) in [4.78, 5) is 19.3. The lowest BCUT2D eigenvalue weighted by molar-refractivity contribution is -0.137. The number of aliphatic carboxylic acids is 1. The Hall–Kier alpha value is -1.66. The number of carbonyl (C=O) groups excluding carboxylic acids is 1. The van der Waals surface area contributed by atoms with E-state index in [1.54, 1.807) is 6.92 Å². The summed E-state index contributed by atoms with van der Waals surface area (Å²) in [5.74, 6) is -1.34. The molecule has 0 aromatic heterocycles. The summed E-state index contributed by atoms with van der Waals surface area (Å²) < 4.78 is 4.43. The molecular weight excluding hydrogens is 240 g/mol. The van der Waals surface area contributed by atoms with Gasteiger partial charge in [-0.25, -0.2) is 9.59 Å². The smallest absolute Gasteiger partial charge is 0.330 e. The molecule has 0 fully saturated rings. The second-order valence-corrected chi connectivity index (χ2v) is 2.65. The van der Waals surface area contributed by atoms with Crippen LogP contribution in [-0.2, 0) is 14.3 Å². The summed E-state index contributed by atoms with van der Waals surface area (Å²) in [6.45, 7) is 8.73. The summed E-state index contributed by atoms with van der Waals surface area (Å²) in [7, 11) is 0. The van der Waals surface area contributed by atoms with Crippen molar-refractivity contribution in [2.75, 3.05) is 19.8 Å². The first-order chi connectivity index (χ1) is 8.49. The predicted octanol–water partition coefficient (Wildman–Crippen LogP) is 0.744.